The van der Waals surface area contributed by atoms with Gasteiger partial charge in [0, 0.05) is 32.5 Å². The molecule has 0 aliphatic rings. The van der Waals surface area contributed by atoms with E-state index in [0.717, 1.165) is 10.6 Å². The Morgan fingerprint density at radius 1 is 1.22 bits per heavy atom. The number of anilines is 1. The third kappa shape index (κ3) is 3.38. The van der Waals surface area contributed by atoms with E-state index in [1.54, 1.807) is 29.6 Å². The minimum Gasteiger partial charge on any atom is -0.478 e. The molecule has 0 bridgehead atoms. The molecule has 0 atom stereocenters. The smallest absolute Gasteiger partial charge is 0.336 e. The second kappa shape index (κ2) is 5.61. The van der Waals surface area contributed by atoms with E-state index in [1.165, 1.54) is 11.3 Å². The fourth-order valence-corrected chi connectivity index (χ4v) is 2.75. The first-order valence-corrected chi connectivity index (χ1v) is 6.69. The molecule has 2 aromatic rings. The Morgan fingerprint density at radius 3 is 2.44 bits per heavy atom. The van der Waals surface area contributed by atoms with Crippen LogP contribution in [0.3, 0.4) is 0 Å². The third-order valence-corrected chi connectivity index (χ3v) is 3.60. The highest BCUT2D eigenvalue weighted by molar-refractivity contribution is 7.10. The van der Waals surface area contributed by atoms with E-state index in [1.807, 2.05) is 0 Å². The van der Waals surface area contributed by atoms with Crippen LogP contribution in [0.5, 0.6) is 0 Å². The maximum atomic E-state index is 10.7. The molecular formula is C12H9Cl2NO2S. The fourth-order valence-electron chi connectivity index (χ4n) is 1.43. The normalized spacial score (nSPS) is 10.3. The van der Waals surface area contributed by atoms with Crippen molar-refractivity contribution in [2.75, 3.05) is 5.32 Å². The highest BCUT2D eigenvalue weighted by atomic mass is 35.5. The summed E-state index contributed by atoms with van der Waals surface area (Å²) < 4.78 is 0. The van der Waals surface area contributed by atoms with Crippen molar-refractivity contribution in [1.82, 2.24) is 0 Å². The first kappa shape index (κ1) is 13.2. The topological polar surface area (TPSA) is 49.3 Å². The van der Waals surface area contributed by atoms with Gasteiger partial charge in [-0.15, -0.1) is 11.3 Å². The van der Waals surface area contributed by atoms with Crippen LogP contribution < -0.4 is 5.32 Å². The van der Waals surface area contributed by atoms with Gasteiger partial charge >= 0.3 is 5.97 Å². The lowest BCUT2D eigenvalue weighted by atomic mass is 10.3. The van der Waals surface area contributed by atoms with E-state index in [0.29, 0.717) is 22.2 Å². The number of carbonyl (C=O) groups is 1. The van der Waals surface area contributed by atoms with Crippen molar-refractivity contribution >= 4 is 46.2 Å². The summed E-state index contributed by atoms with van der Waals surface area (Å²) in [5.41, 5.74) is 1.11. The van der Waals surface area contributed by atoms with E-state index in [-0.39, 0.29) is 0 Å². The third-order valence-electron chi connectivity index (χ3n) is 2.23. The zero-order valence-corrected chi connectivity index (χ0v) is 11.4. The van der Waals surface area contributed by atoms with Gasteiger partial charge in [-0.25, -0.2) is 4.79 Å². The Bertz CT molecular complexity index is 563. The molecule has 0 fully saturated rings. The van der Waals surface area contributed by atoms with Crippen molar-refractivity contribution in [3.05, 3.63) is 50.1 Å². The van der Waals surface area contributed by atoms with Crippen molar-refractivity contribution < 1.29 is 9.90 Å². The maximum absolute atomic E-state index is 10.7. The van der Waals surface area contributed by atoms with Crippen LogP contribution in [0.2, 0.25) is 10.0 Å². The first-order chi connectivity index (χ1) is 8.54. The summed E-state index contributed by atoms with van der Waals surface area (Å²) in [6.45, 7) is 0.536. The van der Waals surface area contributed by atoms with Crippen LogP contribution >= 0.6 is 34.5 Å². The second-order valence-corrected chi connectivity index (χ2v) is 5.49. The van der Waals surface area contributed by atoms with Crippen molar-refractivity contribution in [2.45, 2.75) is 6.54 Å². The standard InChI is InChI=1S/C12H9Cl2NO2S/c13-8-2-9(14)4-10(3-8)15-5-11-1-7(6-18-11)12(16)17/h1-4,6,15H,5H2,(H,16,17). The molecule has 0 saturated heterocycles. The molecule has 6 heteroatoms. The molecule has 0 amide bonds. The zero-order chi connectivity index (χ0) is 13.1. The van der Waals surface area contributed by atoms with Gasteiger partial charge < -0.3 is 10.4 Å². The SMILES string of the molecule is O=C(O)c1csc(CNc2cc(Cl)cc(Cl)c2)c1. The number of carboxylic acid groups (broad SMARTS) is 1. The number of halogens is 2. The van der Waals surface area contributed by atoms with Gasteiger partial charge in [-0.3, -0.25) is 0 Å². The van der Waals surface area contributed by atoms with Crippen molar-refractivity contribution in [3.8, 4) is 0 Å². The van der Waals surface area contributed by atoms with Gasteiger partial charge in [0.25, 0.3) is 0 Å². The van der Waals surface area contributed by atoms with E-state index < -0.39 is 5.97 Å². The minimum absolute atomic E-state index is 0.306. The number of rotatable bonds is 4. The van der Waals surface area contributed by atoms with Crippen LogP contribution in [0.15, 0.2) is 29.6 Å². The van der Waals surface area contributed by atoms with Crippen molar-refractivity contribution in [2.24, 2.45) is 0 Å². The molecule has 3 nitrogen and oxygen atoms in total. The highest BCUT2D eigenvalue weighted by Crippen LogP contribution is 2.23. The predicted octanol–water partition coefficient (Wildman–Crippen LogP) is 4.37. The van der Waals surface area contributed by atoms with Crippen LogP contribution in [0.4, 0.5) is 5.69 Å². The molecule has 0 radical (unpaired) electrons. The van der Waals surface area contributed by atoms with E-state index >= 15 is 0 Å². The van der Waals surface area contributed by atoms with Crippen molar-refractivity contribution in [1.29, 1.82) is 0 Å². The minimum atomic E-state index is -0.914. The van der Waals surface area contributed by atoms with Crippen LogP contribution in [-0.2, 0) is 6.54 Å². The molecule has 0 aliphatic heterocycles. The summed E-state index contributed by atoms with van der Waals surface area (Å²) in [6.07, 6.45) is 0. The largest absolute Gasteiger partial charge is 0.478 e. The average molecular weight is 302 g/mol. The van der Waals surface area contributed by atoms with E-state index in [9.17, 15) is 4.79 Å². The highest BCUT2D eigenvalue weighted by Gasteiger charge is 2.06. The maximum Gasteiger partial charge on any atom is 0.336 e. The summed E-state index contributed by atoms with van der Waals surface area (Å²) in [5, 5.41) is 14.7. The van der Waals surface area contributed by atoms with Crippen LogP contribution in [-0.4, -0.2) is 11.1 Å². The molecule has 0 saturated carbocycles. The summed E-state index contributed by atoms with van der Waals surface area (Å²) in [7, 11) is 0. The number of thiophene rings is 1. The van der Waals surface area contributed by atoms with Gasteiger partial charge in [-0.1, -0.05) is 23.2 Å². The molecule has 18 heavy (non-hydrogen) atoms. The lowest BCUT2D eigenvalue weighted by molar-refractivity contribution is 0.0697. The summed E-state index contributed by atoms with van der Waals surface area (Å²) in [6, 6.07) is 6.83. The molecule has 94 valence electrons. The number of hydrogen-bond donors (Lipinski definition) is 2. The lowest BCUT2D eigenvalue weighted by Crippen LogP contribution is -1.98. The molecule has 0 aliphatic carbocycles. The fraction of sp³-hybridized carbons (Fsp3) is 0.0833. The van der Waals surface area contributed by atoms with Crippen molar-refractivity contribution in [3.63, 3.8) is 0 Å². The number of nitrogens with one attached hydrogen (secondary N) is 1. The Balaban J connectivity index is 2.04. The monoisotopic (exact) mass is 301 g/mol. The van der Waals surface area contributed by atoms with Crippen LogP contribution in [0.1, 0.15) is 15.2 Å². The predicted molar refractivity (Wildman–Crippen MR) is 75.1 cm³/mol. The molecule has 0 spiro atoms. The average Bonchev–Trinajstić information content (AvgIpc) is 2.73. The Kier molecular flexibility index (Phi) is 4.11. The first-order valence-electron chi connectivity index (χ1n) is 5.05. The summed E-state index contributed by atoms with van der Waals surface area (Å²) in [5.74, 6) is -0.914. The lowest BCUT2D eigenvalue weighted by Gasteiger charge is -2.05. The molecule has 1 aromatic carbocycles. The van der Waals surface area contributed by atoms with Crippen LogP contribution in [0, 0.1) is 0 Å². The Labute approximate surface area is 118 Å². The number of hydrogen-bond acceptors (Lipinski definition) is 3. The Hall–Kier alpha value is -1.23. The number of aromatic carboxylic acids is 1. The van der Waals surface area contributed by atoms with Gasteiger partial charge in [0.2, 0.25) is 0 Å². The van der Waals surface area contributed by atoms with Gasteiger partial charge in [-0.2, -0.15) is 0 Å². The van der Waals surface area contributed by atoms with Gasteiger partial charge in [0.05, 0.1) is 5.56 Å². The molecule has 0 unspecified atom stereocenters. The quantitative estimate of drug-likeness (QED) is 0.882. The van der Waals surface area contributed by atoms with Gasteiger partial charge in [-0.05, 0) is 24.3 Å². The van der Waals surface area contributed by atoms with E-state index in [4.69, 9.17) is 28.3 Å². The zero-order valence-electron chi connectivity index (χ0n) is 9.11. The van der Waals surface area contributed by atoms with Crippen LogP contribution in [0.25, 0.3) is 0 Å². The van der Waals surface area contributed by atoms with Gasteiger partial charge in [0.15, 0.2) is 0 Å². The summed E-state index contributed by atoms with van der Waals surface area (Å²) in [4.78, 5) is 11.7. The molecule has 1 heterocycles. The Morgan fingerprint density at radius 2 is 1.89 bits per heavy atom. The molecule has 1 aromatic heterocycles. The molecular weight excluding hydrogens is 293 g/mol. The molecule has 2 N–H and O–H groups in total. The number of benzene rings is 1. The van der Waals surface area contributed by atoms with Gasteiger partial charge in [0.1, 0.15) is 0 Å². The summed E-state index contributed by atoms with van der Waals surface area (Å²) >= 11 is 13.2. The molecule has 2 rings (SSSR count). The van der Waals surface area contributed by atoms with E-state index in [2.05, 4.69) is 5.32 Å². The number of carboxylic acids is 1. The second-order valence-electron chi connectivity index (χ2n) is 3.62.